The molecule has 3 heterocycles. The highest BCUT2D eigenvalue weighted by molar-refractivity contribution is 5.06. The molecule has 0 radical (unpaired) electrons. The molecule has 1 aromatic rings. The third kappa shape index (κ3) is 1.95. The summed E-state index contributed by atoms with van der Waals surface area (Å²) in [5, 5.41) is 7.52. The van der Waals surface area contributed by atoms with E-state index in [2.05, 4.69) is 36.2 Å². The summed E-state index contributed by atoms with van der Waals surface area (Å²) in [6.07, 6.45) is 2.69. The van der Waals surface area contributed by atoms with E-state index in [4.69, 9.17) is 9.26 Å². The SMILES string of the molecule is CC1OC(C)C(c2nc(C3CCCN3)no2)C1C. The summed E-state index contributed by atoms with van der Waals surface area (Å²) >= 11 is 0. The summed E-state index contributed by atoms with van der Waals surface area (Å²) in [5.74, 6) is 2.19. The van der Waals surface area contributed by atoms with Crippen LogP contribution in [0.15, 0.2) is 4.52 Å². The molecule has 2 aliphatic rings. The summed E-state index contributed by atoms with van der Waals surface area (Å²) in [4.78, 5) is 4.59. The fourth-order valence-corrected chi connectivity index (χ4v) is 3.12. The van der Waals surface area contributed by atoms with Crippen molar-refractivity contribution in [2.45, 2.75) is 57.8 Å². The number of ether oxygens (including phenoxy) is 1. The van der Waals surface area contributed by atoms with E-state index in [-0.39, 0.29) is 24.2 Å². The lowest BCUT2D eigenvalue weighted by molar-refractivity contribution is 0.0542. The maximum absolute atomic E-state index is 5.83. The lowest BCUT2D eigenvalue weighted by Crippen LogP contribution is -2.17. The molecule has 100 valence electrons. The Morgan fingerprint density at radius 3 is 2.67 bits per heavy atom. The van der Waals surface area contributed by atoms with Crippen LogP contribution < -0.4 is 5.32 Å². The molecule has 2 fully saturated rings. The predicted molar refractivity (Wildman–Crippen MR) is 66.2 cm³/mol. The summed E-state index contributed by atoms with van der Waals surface area (Å²) in [5.41, 5.74) is 0. The number of aromatic nitrogens is 2. The van der Waals surface area contributed by atoms with Crippen molar-refractivity contribution in [1.82, 2.24) is 15.5 Å². The Bertz CT molecular complexity index is 414. The van der Waals surface area contributed by atoms with Crippen LogP contribution in [0.5, 0.6) is 0 Å². The molecule has 5 atom stereocenters. The molecule has 1 N–H and O–H groups in total. The van der Waals surface area contributed by atoms with Crippen molar-refractivity contribution >= 4 is 0 Å². The molecule has 0 bridgehead atoms. The van der Waals surface area contributed by atoms with Crippen LogP contribution in [0.4, 0.5) is 0 Å². The van der Waals surface area contributed by atoms with Gasteiger partial charge in [-0.2, -0.15) is 4.98 Å². The van der Waals surface area contributed by atoms with E-state index >= 15 is 0 Å². The Kier molecular flexibility index (Phi) is 3.11. The largest absolute Gasteiger partial charge is 0.374 e. The van der Waals surface area contributed by atoms with E-state index in [0.29, 0.717) is 5.92 Å². The van der Waals surface area contributed by atoms with Gasteiger partial charge in [-0.25, -0.2) is 0 Å². The molecule has 5 unspecified atom stereocenters. The second-order valence-electron chi connectivity index (χ2n) is 5.57. The Hall–Kier alpha value is -0.940. The molecule has 2 aliphatic heterocycles. The normalized spacial score (nSPS) is 40.5. The van der Waals surface area contributed by atoms with Crippen LogP contribution in [0.25, 0.3) is 0 Å². The zero-order valence-electron chi connectivity index (χ0n) is 11.2. The van der Waals surface area contributed by atoms with E-state index in [1.807, 2.05) is 0 Å². The van der Waals surface area contributed by atoms with Crippen LogP contribution in [0.1, 0.15) is 57.3 Å². The first kappa shape index (κ1) is 12.1. The van der Waals surface area contributed by atoms with Crippen molar-refractivity contribution < 1.29 is 9.26 Å². The van der Waals surface area contributed by atoms with Gasteiger partial charge in [-0.3, -0.25) is 0 Å². The summed E-state index contributed by atoms with van der Waals surface area (Å²) in [6, 6.07) is 0.271. The highest BCUT2D eigenvalue weighted by Gasteiger charge is 2.41. The molecule has 18 heavy (non-hydrogen) atoms. The van der Waals surface area contributed by atoms with Gasteiger partial charge < -0.3 is 14.6 Å². The second-order valence-corrected chi connectivity index (χ2v) is 5.57. The molecule has 3 rings (SSSR count). The van der Waals surface area contributed by atoms with Crippen molar-refractivity contribution in [3.8, 4) is 0 Å². The van der Waals surface area contributed by atoms with Crippen LogP contribution in [0, 0.1) is 5.92 Å². The Morgan fingerprint density at radius 1 is 1.22 bits per heavy atom. The molecule has 5 heteroatoms. The highest BCUT2D eigenvalue weighted by Crippen LogP contribution is 2.39. The topological polar surface area (TPSA) is 60.2 Å². The predicted octanol–water partition coefficient (Wildman–Crippen LogP) is 2.02. The van der Waals surface area contributed by atoms with Crippen LogP contribution in [-0.4, -0.2) is 28.9 Å². The lowest BCUT2D eigenvalue weighted by atomic mass is 9.89. The third-order valence-corrected chi connectivity index (χ3v) is 4.36. The Labute approximate surface area is 107 Å². The van der Waals surface area contributed by atoms with Gasteiger partial charge in [-0.1, -0.05) is 12.1 Å². The van der Waals surface area contributed by atoms with Crippen molar-refractivity contribution in [3.63, 3.8) is 0 Å². The zero-order valence-corrected chi connectivity index (χ0v) is 11.2. The first-order valence-corrected chi connectivity index (χ1v) is 6.89. The van der Waals surface area contributed by atoms with Gasteiger partial charge in [0.05, 0.1) is 24.2 Å². The summed E-state index contributed by atoms with van der Waals surface area (Å²) < 4.78 is 11.3. The van der Waals surface area contributed by atoms with Crippen molar-refractivity contribution in [2.75, 3.05) is 6.54 Å². The van der Waals surface area contributed by atoms with Gasteiger partial charge in [0.15, 0.2) is 5.82 Å². The van der Waals surface area contributed by atoms with E-state index in [9.17, 15) is 0 Å². The summed E-state index contributed by atoms with van der Waals surface area (Å²) in [6.45, 7) is 7.43. The molecule has 0 spiro atoms. The fourth-order valence-electron chi connectivity index (χ4n) is 3.12. The molecule has 0 saturated carbocycles. The van der Waals surface area contributed by atoms with Crippen molar-refractivity contribution in [2.24, 2.45) is 5.92 Å². The van der Waals surface area contributed by atoms with Crippen molar-refractivity contribution in [1.29, 1.82) is 0 Å². The minimum Gasteiger partial charge on any atom is -0.374 e. The second kappa shape index (κ2) is 4.63. The Morgan fingerprint density at radius 2 is 2.06 bits per heavy atom. The molecule has 0 amide bonds. The number of nitrogens with zero attached hydrogens (tertiary/aromatic N) is 2. The van der Waals surface area contributed by atoms with E-state index in [1.54, 1.807) is 0 Å². The minimum absolute atomic E-state index is 0.153. The average molecular weight is 251 g/mol. The summed E-state index contributed by atoms with van der Waals surface area (Å²) in [7, 11) is 0. The van der Waals surface area contributed by atoms with Gasteiger partial charge in [-0.15, -0.1) is 0 Å². The lowest BCUT2D eigenvalue weighted by Gasteiger charge is -2.13. The average Bonchev–Trinajstić information content (AvgIpc) is 3.01. The van der Waals surface area contributed by atoms with Crippen molar-refractivity contribution in [3.05, 3.63) is 11.7 Å². The maximum Gasteiger partial charge on any atom is 0.232 e. The van der Waals surface area contributed by atoms with Gasteiger partial charge in [0.2, 0.25) is 5.89 Å². The molecule has 1 aromatic heterocycles. The molecule has 5 nitrogen and oxygen atoms in total. The fraction of sp³-hybridized carbons (Fsp3) is 0.846. The Balaban J connectivity index is 1.80. The molecule has 0 aromatic carbocycles. The molecule has 0 aliphatic carbocycles. The number of nitrogens with one attached hydrogen (secondary N) is 1. The maximum atomic E-state index is 5.83. The van der Waals surface area contributed by atoms with Gasteiger partial charge in [0, 0.05) is 0 Å². The van der Waals surface area contributed by atoms with Crippen LogP contribution in [-0.2, 0) is 4.74 Å². The highest BCUT2D eigenvalue weighted by atomic mass is 16.5. The molecule has 2 saturated heterocycles. The van der Waals surface area contributed by atoms with Gasteiger partial charge in [0.25, 0.3) is 0 Å². The number of hydrogen-bond donors (Lipinski definition) is 1. The molecular weight excluding hydrogens is 230 g/mol. The first-order valence-electron chi connectivity index (χ1n) is 6.89. The monoisotopic (exact) mass is 251 g/mol. The quantitative estimate of drug-likeness (QED) is 0.871. The van der Waals surface area contributed by atoms with Crippen LogP contribution >= 0.6 is 0 Å². The van der Waals surface area contributed by atoms with E-state index in [1.165, 1.54) is 6.42 Å². The van der Waals surface area contributed by atoms with Gasteiger partial charge >= 0.3 is 0 Å². The third-order valence-electron chi connectivity index (χ3n) is 4.36. The smallest absolute Gasteiger partial charge is 0.232 e. The molecular formula is C13H21N3O2. The van der Waals surface area contributed by atoms with E-state index in [0.717, 1.165) is 24.7 Å². The first-order chi connectivity index (χ1) is 8.66. The minimum atomic E-state index is 0.153. The standard InChI is InChI=1S/C13H21N3O2/c1-7-8(2)17-9(3)11(7)13-15-12(16-18-13)10-5-4-6-14-10/h7-11,14H,4-6H2,1-3H3. The van der Waals surface area contributed by atoms with Crippen LogP contribution in [0.3, 0.4) is 0 Å². The van der Waals surface area contributed by atoms with Gasteiger partial charge in [0.1, 0.15) is 0 Å². The van der Waals surface area contributed by atoms with E-state index < -0.39 is 0 Å². The zero-order chi connectivity index (χ0) is 12.7. The van der Waals surface area contributed by atoms with Crippen LogP contribution in [0.2, 0.25) is 0 Å². The number of hydrogen-bond acceptors (Lipinski definition) is 5. The number of rotatable bonds is 2. The van der Waals surface area contributed by atoms with Gasteiger partial charge in [-0.05, 0) is 39.2 Å².